The van der Waals surface area contributed by atoms with Crippen LogP contribution in [0.1, 0.15) is 30.9 Å². The maximum atomic E-state index is 5.67. The van der Waals surface area contributed by atoms with Gasteiger partial charge in [0.1, 0.15) is 0 Å². The molecule has 0 atom stereocenters. The molecule has 3 nitrogen and oxygen atoms in total. The Morgan fingerprint density at radius 2 is 1.94 bits per heavy atom. The quantitative estimate of drug-likeness (QED) is 0.909. The zero-order valence-electron chi connectivity index (χ0n) is 10.8. The van der Waals surface area contributed by atoms with Crippen molar-refractivity contribution < 1.29 is 9.47 Å². The molecule has 0 radical (unpaired) electrons. The Hall–Kier alpha value is -0.740. The van der Waals surface area contributed by atoms with Gasteiger partial charge in [0.25, 0.3) is 0 Å². The summed E-state index contributed by atoms with van der Waals surface area (Å²) in [5, 5.41) is 0. The maximum absolute atomic E-state index is 5.67. The van der Waals surface area contributed by atoms with Crippen LogP contribution in [0.2, 0.25) is 0 Å². The molecule has 0 amide bonds. The van der Waals surface area contributed by atoms with Gasteiger partial charge in [-0.15, -0.1) is 0 Å². The zero-order chi connectivity index (χ0) is 13.0. The second kappa shape index (κ2) is 6.26. The van der Waals surface area contributed by atoms with Crippen LogP contribution in [0.5, 0.6) is 11.5 Å². The first-order chi connectivity index (χ1) is 8.06. The van der Waals surface area contributed by atoms with E-state index < -0.39 is 0 Å². The molecular weight excluding hydrogens is 282 g/mol. The first-order valence-electron chi connectivity index (χ1n) is 5.70. The summed E-state index contributed by atoms with van der Waals surface area (Å²) in [7, 11) is 3.32. The molecule has 0 saturated carbocycles. The molecule has 0 bridgehead atoms. The standard InChI is InChI=1S/C13H20BrNO2/c1-8(2)12-9(5-6-15)10(14)7-11(16-3)13(12)17-4/h7-8H,5-6,15H2,1-4H3. The number of hydrogen-bond donors (Lipinski definition) is 1. The highest BCUT2D eigenvalue weighted by molar-refractivity contribution is 9.10. The van der Waals surface area contributed by atoms with Gasteiger partial charge in [-0.05, 0) is 30.5 Å². The molecule has 4 heteroatoms. The van der Waals surface area contributed by atoms with Crippen molar-refractivity contribution in [2.24, 2.45) is 5.73 Å². The monoisotopic (exact) mass is 301 g/mol. The summed E-state index contributed by atoms with van der Waals surface area (Å²) in [6, 6.07) is 1.94. The van der Waals surface area contributed by atoms with Crippen LogP contribution in [0.25, 0.3) is 0 Å². The van der Waals surface area contributed by atoms with Crippen molar-refractivity contribution in [2.45, 2.75) is 26.2 Å². The average molecular weight is 302 g/mol. The van der Waals surface area contributed by atoms with Crippen LogP contribution in [0, 0.1) is 0 Å². The number of hydrogen-bond acceptors (Lipinski definition) is 3. The second-order valence-electron chi connectivity index (χ2n) is 4.18. The van der Waals surface area contributed by atoms with Crippen LogP contribution in [0.4, 0.5) is 0 Å². The van der Waals surface area contributed by atoms with Crippen molar-refractivity contribution in [3.63, 3.8) is 0 Å². The first kappa shape index (κ1) is 14.3. The largest absolute Gasteiger partial charge is 0.493 e. The lowest BCUT2D eigenvalue weighted by molar-refractivity contribution is 0.349. The Labute approximate surface area is 111 Å². The van der Waals surface area contributed by atoms with Crippen LogP contribution in [0.15, 0.2) is 10.5 Å². The predicted molar refractivity (Wildman–Crippen MR) is 74.1 cm³/mol. The molecule has 0 saturated heterocycles. The molecule has 0 unspecified atom stereocenters. The van der Waals surface area contributed by atoms with E-state index in [1.165, 1.54) is 11.1 Å². The summed E-state index contributed by atoms with van der Waals surface area (Å²) in [5.74, 6) is 1.93. The molecule has 0 aliphatic rings. The van der Waals surface area contributed by atoms with Crippen molar-refractivity contribution in [1.29, 1.82) is 0 Å². The summed E-state index contributed by atoms with van der Waals surface area (Å²) in [5.41, 5.74) is 8.05. The zero-order valence-corrected chi connectivity index (χ0v) is 12.4. The van der Waals surface area contributed by atoms with Gasteiger partial charge in [0.2, 0.25) is 0 Å². The van der Waals surface area contributed by atoms with E-state index in [-0.39, 0.29) is 0 Å². The van der Waals surface area contributed by atoms with E-state index in [9.17, 15) is 0 Å². The first-order valence-corrected chi connectivity index (χ1v) is 6.49. The van der Waals surface area contributed by atoms with Crippen LogP contribution >= 0.6 is 15.9 Å². The number of methoxy groups -OCH3 is 2. The minimum absolute atomic E-state index is 0.359. The third-order valence-corrected chi connectivity index (χ3v) is 3.44. The van der Waals surface area contributed by atoms with Gasteiger partial charge in [-0.2, -0.15) is 0 Å². The van der Waals surface area contributed by atoms with Gasteiger partial charge >= 0.3 is 0 Å². The third-order valence-electron chi connectivity index (χ3n) is 2.74. The predicted octanol–water partition coefficient (Wildman–Crippen LogP) is 3.09. The van der Waals surface area contributed by atoms with E-state index >= 15 is 0 Å². The van der Waals surface area contributed by atoms with E-state index in [4.69, 9.17) is 15.2 Å². The fourth-order valence-electron chi connectivity index (χ4n) is 2.04. The van der Waals surface area contributed by atoms with Crippen LogP contribution in [-0.4, -0.2) is 20.8 Å². The van der Waals surface area contributed by atoms with E-state index in [0.717, 1.165) is 22.4 Å². The van der Waals surface area contributed by atoms with Gasteiger partial charge in [-0.25, -0.2) is 0 Å². The highest BCUT2D eigenvalue weighted by Crippen LogP contribution is 2.42. The average Bonchev–Trinajstić information content (AvgIpc) is 2.30. The topological polar surface area (TPSA) is 44.5 Å². The van der Waals surface area contributed by atoms with E-state index in [1.807, 2.05) is 6.07 Å². The molecule has 17 heavy (non-hydrogen) atoms. The lowest BCUT2D eigenvalue weighted by atomic mass is 9.93. The normalized spacial score (nSPS) is 10.8. The van der Waals surface area contributed by atoms with Crippen molar-refractivity contribution in [3.05, 3.63) is 21.7 Å². The summed E-state index contributed by atoms with van der Waals surface area (Å²) in [6.07, 6.45) is 0.828. The second-order valence-corrected chi connectivity index (χ2v) is 5.03. The fraction of sp³-hybridized carbons (Fsp3) is 0.538. The molecule has 1 aromatic carbocycles. The fourth-order valence-corrected chi connectivity index (χ4v) is 2.66. The lowest BCUT2D eigenvalue weighted by Crippen LogP contribution is -2.09. The summed E-state index contributed by atoms with van der Waals surface area (Å²) in [4.78, 5) is 0. The molecule has 0 aliphatic carbocycles. The summed E-state index contributed by atoms with van der Waals surface area (Å²) >= 11 is 3.58. The van der Waals surface area contributed by atoms with E-state index in [0.29, 0.717) is 12.5 Å². The van der Waals surface area contributed by atoms with Crippen molar-refractivity contribution in [1.82, 2.24) is 0 Å². The Morgan fingerprint density at radius 1 is 1.29 bits per heavy atom. The molecule has 1 aromatic rings. The Balaban J connectivity index is 3.48. The van der Waals surface area contributed by atoms with Crippen LogP contribution in [0.3, 0.4) is 0 Å². The molecule has 0 fully saturated rings. The highest BCUT2D eigenvalue weighted by Gasteiger charge is 2.20. The molecule has 0 spiro atoms. The Morgan fingerprint density at radius 3 is 2.35 bits per heavy atom. The number of halogens is 1. The van der Waals surface area contributed by atoms with Gasteiger partial charge in [-0.1, -0.05) is 29.8 Å². The number of benzene rings is 1. The van der Waals surface area contributed by atoms with Crippen LogP contribution in [-0.2, 0) is 6.42 Å². The molecule has 0 aliphatic heterocycles. The number of nitrogens with two attached hydrogens (primary N) is 1. The van der Waals surface area contributed by atoms with Crippen molar-refractivity contribution in [3.8, 4) is 11.5 Å². The molecule has 1 rings (SSSR count). The molecule has 0 heterocycles. The maximum Gasteiger partial charge on any atom is 0.164 e. The summed E-state index contributed by atoms with van der Waals surface area (Å²) < 4.78 is 11.9. The highest BCUT2D eigenvalue weighted by atomic mass is 79.9. The van der Waals surface area contributed by atoms with Gasteiger partial charge in [0, 0.05) is 10.0 Å². The number of ether oxygens (including phenoxy) is 2. The lowest BCUT2D eigenvalue weighted by Gasteiger charge is -2.20. The SMILES string of the molecule is COc1cc(Br)c(CCN)c(C(C)C)c1OC. The minimum Gasteiger partial charge on any atom is -0.493 e. The van der Waals surface area contributed by atoms with Crippen LogP contribution < -0.4 is 15.2 Å². The van der Waals surface area contributed by atoms with Gasteiger partial charge in [0.05, 0.1) is 14.2 Å². The van der Waals surface area contributed by atoms with E-state index in [1.54, 1.807) is 14.2 Å². The molecular formula is C13H20BrNO2. The molecule has 2 N–H and O–H groups in total. The smallest absolute Gasteiger partial charge is 0.164 e. The Bertz CT molecular complexity index is 391. The van der Waals surface area contributed by atoms with Gasteiger partial charge in [0.15, 0.2) is 11.5 Å². The van der Waals surface area contributed by atoms with Gasteiger partial charge in [-0.3, -0.25) is 0 Å². The van der Waals surface area contributed by atoms with Crippen molar-refractivity contribution in [2.75, 3.05) is 20.8 Å². The van der Waals surface area contributed by atoms with Gasteiger partial charge < -0.3 is 15.2 Å². The molecule has 0 aromatic heterocycles. The van der Waals surface area contributed by atoms with Crippen molar-refractivity contribution >= 4 is 15.9 Å². The summed E-state index contributed by atoms with van der Waals surface area (Å²) in [6.45, 7) is 4.90. The molecule has 96 valence electrons. The third kappa shape index (κ3) is 2.93. The Kier molecular flexibility index (Phi) is 5.28. The number of rotatable bonds is 5. The minimum atomic E-state index is 0.359. The van der Waals surface area contributed by atoms with E-state index in [2.05, 4.69) is 29.8 Å².